The molecule has 1 aliphatic rings. The van der Waals surface area contributed by atoms with E-state index >= 15 is 0 Å². The van der Waals surface area contributed by atoms with E-state index in [-0.39, 0.29) is 34.0 Å². The van der Waals surface area contributed by atoms with Crippen molar-refractivity contribution in [1.29, 1.82) is 0 Å². The molecule has 150 valence electrons. The van der Waals surface area contributed by atoms with E-state index in [0.717, 1.165) is 5.56 Å². The fourth-order valence-corrected chi connectivity index (χ4v) is 3.78. The Morgan fingerprint density at radius 3 is 2.38 bits per heavy atom. The largest absolute Gasteiger partial charge is 0.481 e. The van der Waals surface area contributed by atoms with Crippen molar-refractivity contribution in [1.82, 2.24) is 0 Å². The van der Waals surface area contributed by atoms with Gasteiger partial charge >= 0.3 is 11.9 Å². The Labute approximate surface area is 167 Å². The van der Waals surface area contributed by atoms with Gasteiger partial charge in [-0.25, -0.2) is 0 Å². The first-order valence-corrected chi connectivity index (χ1v) is 9.12. The summed E-state index contributed by atoms with van der Waals surface area (Å²) in [6.07, 6.45) is -0.784. The number of nitrogen functional groups attached to an aromatic ring is 1. The van der Waals surface area contributed by atoms with Crippen molar-refractivity contribution in [3.05, 3.63) is 58.7 Å². The van der Waals surface area contributed by atoms with Crippen LogP contribution in [0, 0.1) is 0 Å². The molecule has 0 fully saturated rings. The molecule has 0 spiro atoms. The summed E-state index contributed by atoms with van der Waals surface area (Å²) in [5, 5.41) is 9.56. The molecule has 0 bridgehead atoms. The smallest absolute Gasteiger partial charge is 0.308 e. The van der Waals surface area contributed by atoms with Gasteiger partial charge in [-0.05, 0) is 23.6 Å². The lowest BCUT2D eigenvalue weighted by Gasteiger charge is -2.27. The van der Waals surface area contributed by atoms with Crippen molar-refractivity contribution in [2.45, 2.75) is 38.5 Å². The van der Waals surface area contributed by atoms with E-state index in [4.69, 9.17) is 10.5 Å². The van der Waals surface area contributed by atoms with Crippen LogP contribution in [-0.2, 0) is 15.0 Å². The number of Topliss-reactive ketones (excluding diaryl/α,β-unsaturated/α-hetero) is 2. The number of fused-ring (bicyclic) bond motifs is 1. The predicted octanol–water partition coefficient (Wildman–Crippen LogP) is 3.11. The van der Waals surface area contributed by atoms with Gasteiger partial charge in [0.15, 0.2) is 11.6 Å². The van der Waals surface area contributed by atoms with Crippen LogP contribution in [-0.4, -0.2) is 28.6 Å². The van der Waals surface area contributed by atoms with Gasteiger partial charge in [0.1, 0.15) is 11.2 Å². The van der Waals surface area contributed by atoms with Gasteiger partial charge in [0.25, 0.3) is 0 Å². The van der Waals surface area contributed by atoms with Gasteiger partial charge in [0.05, 0.1) is 12.0 Å². The molecule has 0 heterocycles. The van der Waals surface area contributed by atoms with Crippen LogP contribution in [0.2, 0.25) is 0 Å². The van der Waals surface area contributed by atoms with E-state index in [0.29, 0.717) is 0 Å². The van der Waals surface area contributed by atoms with E-state index in [1.807, 2.05) is 13.8 Å². The van der Waals surface area contributed by atoms with Crippen LogP contribution >= 0.6 is 0 Å². The first-order chi connectivity index (χ1) is 13.6. The number of hydrogen-bond donors (Lipinski definition) is 2. The van der Waals surface area contributed by atoms with Crippen LogP contribution in [0.25, 0.3) is 0 Å². The molecule has 0 saturated carbocycles. The zero-order chi connectivity index (χ0) is 21.5. The number of carbonyl (C=O) groups excluding carboxylic acids is 3. The summed E-state index contributed by atoms with van der Waals surface area (Å²) in [5.41, 5.74) is 4.90. The Kier molecular flexibility index (Phi) is 5.00. The minimum atomic E-state index is -2.05. The van der Waals surface area contributed by atoms with E-state index < -0.39 is 35.3 Å². The molecule has 29 heavy (non-hydrogen) atoms. The summed E-state index contributed by atoms with van der Waals surface area (Å²) in [5.74, 6) is -3.27. The van der Waals surface area contributed by atoms with Crippen LogP contribution in [0.4, 0.5) is 5.69 Å². The zero-order valence-corrected chi connectivity index (χ0v) is 16.3. The SMILES string of the molecule is CC(=O)Oc1cc(C(C)C)ccc1C1(CC(=O)O)C(=O)c2cccc(N)c2C1=O. The Morgan fingerprint density at radius 2 is 1.83 bits per heavy atom. The Hall–Kier alpha value is -3.48. The van der Waals surface area contributed by atoms with Crippen LogP contribution in [0.15, 0.2) is 36.4 Å². The van der Waals surface area contributed by atoms with Gasteiger partial charge < -0.3 is 15.6 Å². The molecule has 2 aromatic rings. The highest BCUT2D eigenvalue weighted by atomic mass is 16.5. The minimum Gasteiger partial charge on any atom is -0.481 e. The number of hydrogen-bond acceptors (Lipinski definition) is 6. The molecule has 2 aromatic carbocycles. The molecule has 1 unspecified atom stereocenters. The average Bonchev–Trinajstić information content (AvgIpc) is 2.84. The molecule has 0 saturated heterocycles. The molecule has 0 radical (unpaired) electrons. The normalized spacial score (nSPS) is 18.1. The number of carboxylic acids is 1. The van der Waals surface area contributed by atoms with Crippen LogP contribution in [0.5, 0.6) is 5.75 Å². The molecular weight excluding hydrogens is 374 g/mol. The number of ether oxygens (including phenoxy) is 1. The van der Waals surface area contributed by atoms with Crippen LogP contribution in [0.1, 0.15) is 65.0 Å². The number of carboxylic acid groups (broad SMARTS) is 1. The first-order valence-electron chi connectivity index (χ1n) is 9.12. The first kappa shape index (κ1) is 20.3. The van der Waals surface area contributed by atoms with Gasteiger partial charge in [-0.3, -0.25) is 19.2 Å². The second-order valence-corrected chi connectivity index (χ2v) is 7.41. The molecule has 7 heteroatoms. The number of esters is 1. The monoisotopic (exact) mass is 395 g/mol. The van der Waals surface area contributed by atoms with E-state index in [2.05, 4.69) is 0 Å². The van der Waals surface area contributed by atoms with Gasteiger partial charge in [-0.1, -0.05) is 38.1 Å². The highest BCUT2D eigenvalue weighted by molar-refractivity contribution is 6.35. The van der Waals surface area contributed by atoms with Gasteiger partial charge in [0.2, 0.25) is 0 Å². The van der Waals surface area contributed by atoms with Crippen molar-refractivity contribution < 1.29 is 29.0 Å². The lowest BCUT2D eigenvalue weighted by atomic mass is 9.72. The van der Waals surface area contributed by atoms with Crippen LogP contribution < -0.4 is 10.5 Å². The number of anilines is 1. The number of rotatable bonds is 5. The highest BCUT2D eigenvalue weighted by Crippen LogP contribution is 2.47. The fourth-order valence-electron chi connectivity index (χ4n) is 3.78. The number of benzene rings is 2. The second kappa shape index (κ2) is 7.16. The van der Waals surface area contributed by atoms with Gasteiger partial charge in [0, 0.05) is 23.7 Å². The van der Waals surface area contributed by atoms with Crippen molar-refractivity contribution in [3.63, 3.8) is 0 Å². The van der Waals surface area contributed by atoms with E-state index in [1.54, 1.807) is 12.1 Å². The van der Waals surface area contributed by atoms with E-state index in [1.165, 1.54) is 31.2 Å². The Morgan fingerprint density at radius 1 is 1.14 bits per heavy atom. The number of nitrogens with two attached hydrogens (primary N) is 1. The highest BCUT2D eigenvalue weighted by Gasteiger charge is 2.57. The molecule has 0 aromatic heterocycles. The molecular formula is C22H21NO6. The summed E-state index contributed by atoms with van der Waals surface area (Å²) >= 11 is 0. The summed E-state index contributed by atoms with van der Waals surface area (Å²) in [7, 11) is 0. The third-order valence-corrected chi connectivity index (χ3v) is 5.15. The lowest BCUT2D eigenvalue weighted by molar-refractivity contribution is -0.137. The maximum atomic E-state index is 13.4. The molecule has 1 aliphatic carbocycles. The summed E-state index contributed by atoms with van der Waals surface area (Å²) in [6.45, 7) is 5.06. The topological polar surface area (TPSA) is 124 Å². The maximum Gasteiger partial charge on any atom is 0.308 e. The number of aliphatic carboxylic acids is 1. The quantitative estimate of drug-likeness (QED) is 0.345. The molecule has 1 atom stereocenters. The average molecular weight is 395 g/mol. The fraction of sp³-hybridized carbons (Fsp3) is 0.273. The van der Waals surface area contributed by atoms with Crippen molar-refractivity contribution in [2.75, 3.05) is 5.73 Å². The van der Waals surface area contributed by atoms with Crippen molar-refractivity contribution in [2.24, 2.45) is 0 Å². The maximum absolute atomic E-state index is 13.4. The third-order valence-electron chi connectivity index (χ3n) is 5.15. The Bertz CT molecular complexity index is 1060. The summed E-state index contributed by atoms with van der Waals surface area (Å²) in [4.78, 5) is 50.3. The van der Waals surface area contributed by atoms with E-state index in [9.17, 15) is 24.3 Å². The summed E-state index contributed by atoms with van der Waals surface area (Å²) in [6, 6.07) is 9.22. The number of carbonyl (C=O) groups is 4. The second-order valence-electron chi connectivity index (χ2n) is 7.41. The van der Waals surface area contributed by atoms with Gasteiger partial charge in [-0.15, -0.1) is 0 Å². The molecule has 0 aliphatic heterocycles. The lowest BCUT2D eigenvalue weighted by Crippen LogP contribution is -2.41. The van der Waals surface area contributed by atoms with Gasteiger partial charge in [-0.2, -0.15) is 0 Å². The molecule has 0 amide bonds. The third kappa shape index (κ3) is 3.18. The van der Waals surface area contributed by atoms with Crippen molar-refractivity contribution in [3.8, 4) is 5.75 Å². The molecule has 3 rings (SSSR count). The predicted molar refractivity (Wildman–Crippen MR) is 105 cm³/mol. The number of ketones is 2. The summed E-state index contributed by atoms with van der Waals surface area (Å²) < 4.78 is 5.31. The minimum absolute atomic E-state index is 0.000427. The van der Waals surface area contributed by atoms with Crippen molar-refractivity contribution >= 4 is 29.2 Å². The van der Waals surface area contributed by atoms with Crippen LogP contribution in [0.3, 0.4) is 0 Å². The Balaban J connectivity index is 2.33. The standard InChI is InChI=1S/C22H21NO6/c1-11(2)13-7-8-15(17(9-13)29-12(3)24)22(10-18(25)26)20(27)14-5-4-6-16(23)19(14)21(22)28/h4-9,11H,10,23H2,1-3H3,(H,25,26). The zero-order valence-electron chi connectivity index (χ0n) is 16.3. The molecule has 3 N–H and O–H groups in total. The molecule has 7 nitrogen and oxygen atoms in total.